The zero-order chi connectivity index (χ0) is 16.1. The number of benzene rings is 1. The van der Waals surface area contributed by atoms with E-state index in [2.05, 4.69) is 15.2 Å². The quantitative estimate of drug-likeness (QED) is 0.906. The minimum absolute atomic E-state index is 0.0818. The van der Waals surface area contributed by atoms with Crippen LogP contribution in [0, 0.1) is 17.1 Å². The maximum atomic E-state index is 13.7. The van der Waals surface area contributed by atoms with Crippen LogP contribution in [0.1, 0.15) is 16.8 Å². The lowest BCUT2D eigenvalue weighted by atomic mass is 10.1. The number of nitrogens with one attached hydrogen (secondary N) is 1. The summed E-state index contributed by atoms with van der Waals surface area (Å²) in [6, 6.07) is 6.60. The first-order valence-corrected chi connectivity index (χ1v) is 7.87. The monoisotopic (exact) mass is 313 g/mol. The predicted molar refractivity (Wildman–Crippen MR) is 85.5 cm³/mol. The lowest BCUT2D eigenvalue weighted by molar-refractivity contribution is 0.242. The standard InChI is InChI=1S/C17H20FN5/c18-17-9-14(1-2-15(17)10-19)12-23-13-21-11-16(23)3-6-22-7-4-20-5-8-22/h1-2,9,11,13,20H,3-8,12H2. The summed E-state index contributed by atoms with van der Waals surface area (Å²) < 4.78 is 15.8. The predicted octanol–water partition coefficient (Wildman–Crippen LogP) is 1.39. The number of halogens is 1. The molecule has 2 heterocycles. The molecule has 2 aromatic rings. The van der Waals surface area contributed by atoms with Crippen molar-refractivity contribution in [3.8, 4) is 6.07 Å². The van der Waals surface area contributed by atoms with Gasteiger partial charge in [0.25, 0.3) is 0 Å². The van der Waals surface area contributed by atoms with Gasteiger partial charge >= 0.3 is 0 Å². The fourth-order valence-corrected chi connectivity index (χ4v) is 2.85. The molecule has 0 saturated carbocycles. The normalized spacial score (nSPS) is 15.5. The molecule has 5 nitrogen and oxygen atoms in total. The van der Waals surface area contributed by atoms with Crippen LogP contribution in [0.2, 0.25) is 0 Å². The van der Waals surface area contributed by atoms with Crippen LogP contribution >= 0.6 is 0 Å². The van der Waals surface area contributed by atoms with Gasteiger partial charge in [0.05, 0.1) is 11.9 Å². The fraction of sp³-hybridized carbons (Fsp3) is 0.412. The van der Waals surface area contributed by atoms with Crippen molar-refractivity contribution >= 4 is 0 Å². The molecule has 0 radical (unpaired) electrons. The van der Waals surface area contributed by atoms with Gasteiger partial charge in [-0.1, -0.05) is 6.07 Å². The molecular formula is C17H20FN5. The highest BCUT2D eigenvalue weighted by atomic mass is 19.1. The van der Waals surface area contributed by atoms with E-state index in [-0.39, 0.29) is 5.56 Å². The lowest BCUT2D eigenvalue weighted by Gasteiger charge is -2.27. The molecule has 1 aromatic heterocycles. The summed E-state index contributed by atoms with van der Waals surface area (Å²) in [4.78, 5) is 6.66. The molecule has 0 atom stereocenters. The highest BCUT2D eigenvalue weighted by molar-refractivity contribution is 5.33. The average molecular weight is 313 g/mol. The Bertz CT molecular complexity index is 697. The number of hydrogen-bond donors (Lipinski definition) is 1. The Kier molecular flexibility index (Phi) is 5.01. The van der Waals surface area contributed by atoms with Crippen molar-refractivity contribution in [1.29, 1.82) is 5.26 Å². The van der Waals surface area contributed by atoms with Crippen LogP contribution in [-0.2, 0) is 13.0 Å². The van der Waals surface area contributed by atoms with Crippen molar-refractivity contribution in [3.63, 3.8) is 0 Å². The molecule has 1 fully saturated rings. The van der Waals surface area contributed by atoms with Gasteiger partial charge in [-0.05, 0) is 17.7 Å². The molecule has 0 bridgehead atoms. The molecule has 1 saturated heterocycles. The van der Waals surface area contributed by atoms with E-state index in [9.17, 15) is 4.39 Å². The maximum Gasteiger partial charge on any atom is 0.141 e. The largest absolute Gasteiger partial charge is 0.330 e. The Hall–Kier alpha value is -2.23. The number of piperazine rings is 1. The highest BCUT2D eigenvalue weighted by Crippen LogP contribution is 2.12. The molecule has 0 spiro atoms. The summed E-state index contributed by atoms with van der Waals surface area (Å²) >= 11 is 0. The summed E-state index contributed by atoms with van der Waals surface area (Å²) in [6.07, 6.45) is 4.59. The van der Waals surface area contributed by atoms with E-state index in [1.807, 2.05) is 16.8 Å². The number of hydrogen-bond acceptors (Lipinski definition) is 4. The molecule has 1 N–H and O–H groups in total. The van der Waals surface area contributed by atoms with Crippen molar-refractivity contribution in [3.05, 3.63) is 53.4 Å². The van der Waals surface area contributed by atoms with Gasteiger partial charge in [0.2, 0.25) is 0 Å². The summed E-state index contributed by atoms with van der Waals surface area (Å²) in [5.41, 5.74) is 2.06. The molecule has 6 heteroatoms. The van der Waals surface area contributed by atoms with E-state index in [1.165, 1.54) is 12.1 Å². The van der Waals surface area contributed by atoms with Crippen LogP contribution in [0.15, 0.2) is 30.7 Å². The maximum absolute atomic E-state index is 13.7. The summed E-state index contributed by atoms with van der Waals surface area (Å²) in [6.45, 7) is 5.83. The second-order valence-electron chi connectivity index (χ2n) is 5.78. The topological polar surface area (TPSA) is 56.9 Å². The molecule has 0 amide bonds. The Morgan fingerprint density at radius 3 is 2.87 bits per heavy atom. The van der Waals surface area contributed by atoms with Gasteiger partial charge in [-0.3, -0.25) is 0 Å². The van der Waals surface area contributed by atoms with Crippen LogP contribution in [0.25, 0.3) is 0 Å². The van der Waals surface area contributed by atoms with Crippen LogP contribution in [0.5, 0.6) is 0 Å². The van der Waals surface area contributed by atoms with Gasteiger partial charge in [-0.25, -0.2) is 9.37 Å². The SMILES string of the molecule is N#Cc1ccc(Cn2cncc2CCN2CCNCC2)cc1F. The number of nitrogens with zero attached hydrogens (tertiary/aromatic N) is 4. The smallest absolute Gasteiger partial charge is 0.141 e. The second-order valence-corrected chi connectivity index (χ2v) is 5.78. The Morgan fingerprint density at radius 2 is 2.13 bits per heavy atom. The zero-order valence-electron chi connectivity index (χ0n) is 13.0. The van der Waals surface area contributed by atoms with Crippen LogP contribution in [0.4, 0.5) is 4.39 Å². The van der Waals surface area contributed by atoms with E-state index in [1.54, 1.807) is 12.4 Å². The van der Waals surface area contributed by atoms with E-state index < -0.39 is 5.82 Å². The van der Waals surface area contributed by atoms with Crippen molar-refractivity contribution in [2.45, 2.75) is 13.0 Å². The Morgan fingerprint density at radius 1 is 1.30 bits per heavy atom. The third-order valence-corrected chi connectivity index (χ3v) is 4.20. The summed E-state index contributed by atoms with van der Waals surface area (Å²) in [7, 11) is 0. The summed E-state index contributed by atoms with van der Waals surface area (Å²) in [5.74, 6) is -0.465. The minimum atomic E-state index is -0.465. The van der Waals surface area contributed by atoms with E-state index >= 15 is 0 Å². The number of nitriles is 1. The molecule has 0 unspecified atom stereocenters. The summed E-state index contributed by atoms with van der Waals surface area (Å²) in [5, 5.41) is 12.1. The van der Waals surface area contributed by atoms with Crippen molar-refractivity contribution in [1.82, 2.24) is 19.8 Å². The fourth-order valence-electron chi connectivity index (χ4n) is 2.85. The third kappa shape index (κ3) is 3.95. The first-order chi connectivity index (χ1) is 11.3. The average Bonchev–Trinajstić information content (AvgIpc) is 3.01. The molecule has 3 rings (SSSR count). The first-order valence-electron chi connectivity index (χ1n) is 7.87. The number of imidazole rings is 1. The van der Waals surface area contributed by atoms with Gasteiger partial charge in [-0.2, -0.15) is 5.26 Å². The molecule has 1 aliphatic heterocycles. The van der Waals surface area contributed by atoms with Gasteiger partial charge in [0.1, 0.15) is 11.9 Å². The lowest BCUT2D eigenvalue weighted by Crippen LogP contribution is -2.44. The first kappa shape index (κ1) is 15.7. The molecular weight excluding hydrogens is 293 g/mol. The van der Waals surface area contributed by atoms with Gasteiger partial charge in [-0.15, -0.1) is 0 Å². The molecule has 120 valence electrons. The van der Waals surface area contributed by atoms with Gasteiger partial charge < -0.3 is 14.8 Å². The van der Waals surface area contributed by atoms with Crippen molar-refractivity contribution in [2.24, 2.45) is 0 Å². The van der Waals surface area contributed by atoms with E-state index in [4.69, 9.17) is 5.26 Å². The van der Waals surface area contributed by atoms with Gasteiger partial charge in [0.15, 0.2) is 0 Å². The zero-order valence-corrected chi connectivity index (χ0v) is 13.0. The molecule has 23 heavy (non-hydrogen) atoms. The van der Waals surface area contributed by atoms with Crippen LogP contribution in [0.3, 0.4) is 0 Å². The molecule has 0 aliphatic carbocycles. The Labute approximate surface area is 135 Å². The van der Waals surface area contributed by atoms with Gasteiger partial charge in [0, 0.05) is 57.6 Å². The van der Waals surface area contributed by atoms with Crippen LogP contribution < -0.4 is 5.32 Å². The number of rotatable bonds is 5. The third-order valence-electron chi connectivity index (χ3n) is 4.20. The van der Waals surface area contributed by atoms with E-state index in [0.29, 0.717) is 6.54 Å². The molecule has 1 aliphatic rings. The van der Waals surface area contributed by atoms with Crippen molar-refractivity contribution < 1.29 is 4.39 Å². The number of aromatic nitrogens is 2. The highest BCUT2D eigenvalue weighted by Gasteiger charge is 2.11. The van der Waals surface area contributed by atoms with Crippen LogP contribution in [-0.4, -0.2) is 47.2 Å². The second kappa shape index (κ2) is 7.36. The van der Waals surface area contributed by atoms with E-state index in [0.717, 1.165) is 50.4 Å². The van der Waals surface area contributed by atoms with Crippen molar-refractivity contribution in [2.75, 3.05) is 32.7 Å². The minimum Gasteiger partial charge on any atom is -0.330 e. The molecule has 1 aromatic carbocycles. The Balaban J connectivity index is 1.64.